The third kappa shape index (κ3) is 31.0. The van der Waals surface area contributed by atoms with Crippen LogP contribution in [0.3, 0.4) is 0 Å². The summed E-state index contributed by atoms with van der Waals surface area (Å²) in [6.07, 6.45) is 0. The van der Waals surface area contributed by atoms with Gasteiger partial charge < -0.3 is 9.79 Å². The molecule has 0 unspecified atom stereocenters. The summed E-state index contributed by atoms with van der Waals surface area (Å²) in [5.41, 5.74) is -3.11. The average molecular weight is 169 g/mol. The Labute approximate surface area is 89.1 Å². The van der Waals surface area contributed by atoms with E-state index in [4.69, 9.17) is 9.79 Å². The fraction of sp³-hybridized carbons (Fsp3) is 0. The van der Waals surface area contributed by atoms with Crippen LogP contribution in [0.25, 0.3) is 0 Å². The van der Waals surface area contributed by atoms with Gasteiger partial charge in [-0.05, 0) is 11.8 Å². The Morgan fingerprint density at radius 3 is 1.50 bits per heavy atom. The van der Waals surface area contributed by atoms with Crippen molar-refractivity contribution < 1.29 is 9.79 Å². The van der Waals surface area contributed by atoms with Gasteiger partial charge in [0.1, 0.15) is 0 Å². The zero-order valence-corrected chi connectivity index (χ0v) is 8.93. The van der Waals surface area contributed by atoms with Crippen LogP contribution in [-0.4, -0.2) is 61.2 Å². The molecule has 0 amide bonds. The molecule has 6 heavy (non-hydrogen) atoms. The van der Waals surface area contributed by atoms with Crippen molar-refractivity contribution in [3.8, 4) is 0 Å². The molecule has 0 saturated carbocycles. The molecule has 0 atom stereocenters. The summed E-state index contributed by atoms with van der Waals surface area (Å²) in [6.45, 7) is 0. The molecule has 1 radical (unpaired) electrons. The molecular formula is H3KO2PS2. The van der Waals surface area contributed by atoms with Crippen LogP contribution in [0.2, 0.25) is 0 Å². The third-order valence-electron chi connectivity index (χ3n) is 0. The van der Waals surface area contributed by atoms with Crippen LogP contribution in [0, 0.1) is 0 Å². The monoisotopic (exact) mass is 169 g/mol. The molecule has 0 aromatic carbocycles. The van der Waals surface area contributed by atoms with E-state index in [9.17, 15) is 0 Å². The van der Waals surface area contributed by atoms with E-state index in [1.807, 2.05) is 0 Å². The van der Waals surface area contributed by atoms with Crippen LogP contribution >= 0.6 is 17.9 Å². The van der Waals surface area contributed by atoms with Crippen molar-refractivity contribution in [2.24, 2.45) is 0 Å². The molecule has 0 heterocycles. The zero-order valence-electron chi connectivity index (χ0n) is 3.20. The minimum Gasteiger partial charge on any atom is -0.338 e. The second-order valence-corrected chi connectivity index (χ2v) is 5.55. The molecule has 2 N–H and O–H groups in total. The van der Waals surface area contributed by atoms with E-state index < -0.39 is 5.69 Å². The summed E-state index contributed by atoms with van der Waals surface area (Å²) in [5, 5.41) is 0. The minimum absolute atomic E-state index is 0. The molecule has 0 rings (SSSR count). The predicted octanol–water partition coefficient (Wildman–Crippen LogP) is -0.256. The molecule has 0 aliphatic carbocycles. The van der Waals surface area contributed by atoms with Crippen LogP contribution in [0.15, 0.2) is 0 Å². The van der Waals surface area contributed by atoms with E-state index in [0.717, 1.165) is 0 Å². The van der Waals surface area contributed by atoms with Gasteiger partial charge >= 0.3 is 0 Å². The van der Waals surface area contributed by atoms with Gasteiger partial charge in [-0.1, -0.05) is 12.2 Å². The standard InChI is InChI=1S/K.H3O2PS2/c;1-3(2,4)5/h;(H3,1,2,4,5). The van der Waals surface area contributed by atoms with Crippen LogP contribution in [0.1, 0.15) is 0 Å². The molecule has 0 bridgehead atoms. The van der Waals surface area contributed by atoms with E-state index >= 15 is 0 Å². The Hall–Kier alpha value is 2.56. The van der Waals surface area contributed by atoms with Crippen LogP contribution in [0.5, 0.6) is 0 Å². The van der Waals surface area contributed by atoms with Gasteiger partial charge in [-0.15, -0.1) is 0 Å². The largest absolute Gasteiger partial charge is 0.338 e. The zero-order chi connectivity index (χ0) is 4.50. The smallest absolute Gasteiger partial charge is 0.239 e. The number of thiol groups is 1. The Morgan fingerprint density at radius 1 is 1.50 bits per heavy atom. The first-order chi connectivity index (χ1) is 2.00. The van der Waals surface area contributed by atoms with Gasteiger partial charge in [0.25, 0.3) is 0 Å². The van der Waals surface area contributed by atoms with Gasteiger partial charge in [-0.25, -0.2) is 0 Å². The molecule has 0 aliphatic rings. The van der Waals surface area contributed by atoms with E-state index in [1.54, 1.807) is 0 Å². The maximum absolute atomic E-state index is 7.87. The normalized spacial score (nSPS) is 9.83. The molecule has 2 nitrogen and oxygen atoms in total. The van der Waals surface area contributed by atoms with E-state index in [2.05, 4.69) is 24.1 Å². The summed E-state index contributed by atoms with van der Waals surface area (Å²) < 4.78 is 0. The van der Waals surface area contributed by atoms with Crippen LogP contribution < -0.4 is 0 Å². The summed E-state index contributed by atoms with van der Waals surface area (Å²) >= 11 is 7.07. The molecule has 0 aromatic rings. The number of hydrogen-bond acceptors (Lipinski definition) is 1. The van der Waals surface area contributed by atoms with Crippen molar-refractivity contribution in [3.63, 3.8) is 0 Å². The Balaban J connectivity index is 0. The first-order valence-corrected chi connectivity index (χ1v) is 4.64. The van der Waals surface area contributed by atoms with Crippen molar-refractivity contribution in [3.05, 3.63) is 0 Å². The fourth-order valence-corrected chi connectivity index (χ4v) is 0. The topological polar surface area (TPSA) is 40.5 Å². The van der Waals surface area contributed by atoms with Crippen molar-refractivity contribution in [2.75, 3.05) is 0 Å². The first-order valence-electron chi connectivity index (χ1n) is 0.783. The van der Waals surface area contributed by atoms with Gasteiger partial charge in [0, 0.05) is 51.4 Å². The molecule has 0 saturated heterocycles. The maximum atomic E-state index is 7.87. The van der Waals surface area contributed by atoms with E-state index in [-0.39, 0.29) is 51.4 Å². The minimum atomic E-state index is -3.11. The van der Waals surface area contributed by atoms with Gasteiger partial charge in [0.05, 0.1) is 0 Å². The summed E-state index contributed by atoms with van der Waals surface area (Å²) in [7, 11) is 0. The molecule has 6 heteroatoms. The summed E-state index contributed by atoms with van der Waals surface area (Å²) in [4.78, 5) is 15.7. The van der Waals surface area contributed by atoms with Crippen LogP contribution in [-0.2, 0) is 11.8 Å². The van der Waals surface area contributed by atoms with Crippen molar-refractivity contribution >= 4 is 81.1 Å². The molecule has 0 aliphatic heterocycles. The van der Waals surface area contributed by atoms with Gasteiger partial charge in [-0.2, -0.15) is 0 Å². The van der Waals surface area contributed by atoms with Gasteiger partial charge in [-0.3, -0.25) is 0 Å². The Kier molecular flexibility index (Phi) is 8.40. The Bertz CT molecular complexity index is 57.7. The average Bonchev–Trinajstić information content (AvgIpc) is 0.722. The predicted molar refractivity (Wildman–Crippen MR) is 33.5 cm³/mol. The van der Waals surface area contributed by atoms with Gasteiger partial charge in [0.15, 0.2) is 0 Å². The second-order valence-electron chi connectivity index (χ2n) is 0.513. The van der Waals surface area contributed by atoms with Crippen molar-refractivity contribution in [1.82, 2.24) is 0 Å². The number of rotatable bonds is 0. The van der Waals surface area contributed by atoms with Crippen molar-refractivity contribution in [1.29, 1.82) is 0 Å². The summed E-state index contributed by atoms with van der Waals surface area (Å²) in [5.74, 6) is 0. The molecule has 0 fully saturated rings. The SMILES string of the molecule is OP(O)(=S)S.[K]. The van der Waals surface area contributed by atoms with Gasteiger partial charge in [0.2, 0.25) is 5.69 Å². The molecule has 33 valence electrons. The fourth-order valence-electron chi connectivity index (χ4n) is 0. The third-order valence-corrected chi connectivity index (χ3v) is 0. The Morgan fingerprint density at radius 2 is 1.50 bits per heavy atom. The van der Waals surface area contributed by atoms with Crippen molar-refractivity contribution in [2.45, 2.75) is 0 Å². The maximum Gasteiger partial charge on any atom is 0.239 e. The molecule has 0 spiro atoms. The van der Waals surface area contributed by atoms with E-state index in [0.29, 0.717) is 0 Å². The van der Waals surface area contributed by atoms with Crippen LogP contribution in [0.4, 0.5) is 0 Å². The molecule has 0 aromatic heterocycles. The summed E-state index contributed by atoms with van der Waals surface area (Å²) in [6, 6.07) is 0. The second kappa shape index (κ2) is 4.44. The van der Waals surface area contributed by atoms with E-state index in [1.165, 1.54) is 0 Å². The number of hydrogen-bond donors (Lipinski definition) is 3. The molecular weight excluding hydrogens is 166 g/mol. The quantitative estimate of drug-likeness (QED) is 0.266. The first kappa shape index (κ1) is 11.4.